The summed E-state index contributed by atoms with van der Waals surface area (Å²) in [7, 11) is 0. The highest BCUT2D eigenvalue weighted by Gasteiger charge is 2.21. The Hall–Kier alpha value is -1.55. The van der Waals surface area contributed by atoms with Crippen LogP contribution in [0.2, 0.25) is 0 Å². The number of ether oxygens (including phenoxy) is 1. The fraction of sp³-hybridized carbons (Fsp3) is 0.500. The zero-order valence-electron chi connectivity index (χ0n) is 10.7. The van der Waals surface area contributed by atoms with Crippen molar-refractivity contribution in [2.45, 2.75) is 32.2 Å². The van der Waals surface area contributed by atoms with Gasteiger partial charge in [-0.25, -0.2) is 0 Å². The summed E-state index contributed by atoms with van der Waals surface area (Å²) in [5.41, 5.74) is 0.817. The maximum absolute atomic E-state index is 11.9. The van der Waals surface area contributed by atoms with Gasteiger partial charge in [0.15, 0.2) is 0 Å². The smallest absolute Gasteiger partial charge is 0.241 e. The molecule has 0 unspecified atom stereocenters. The second-order valence-electron chi connectivity index (χ2n) is 4.51. The molecule has 1 aromatic rings. The number of carbonyl (C=O) groups excluding carboxylic acids is 1. The lowest BCUT2D eigenvalue weighted by molar-refractivity contribution is -0.117. The second-order valence-corrected chi connectivity index (χ2v) is 4.51. The third-order valence-corrected chi connectivity index (χ3v) is 2.97. The Morgan fingerprint density at radius 1 is 1.44 bits per heavy atom. The summed E-state index contributed by atoms with van der Waals surface area (Å²) < 4.78 is 5.49. The predicted octanol–water partition coefficient (Wildman–Crippen LogP) is 2.17. The number of rotatable bonds is 5. The van der Waals surface area contributed by atoms with Gasteiger partial charge in [-0.3, -0.25) is 4.79 Å². The van der Waals surface area contributed by atoms with Gasteiger partial charge < -0.3 is 15.4 Å². The van der Waals surface area contributed by atoms with Crippen molar-refractivity contribution < 1.29 is 9.53 Å². The number of benzene rings is 1. The highest BCUT2D eigenvalue weighted by atomic mass is 16.5. The number of amides is 1. The lowest BCUT2D eigenvalue weighted by Gasteiger charge is -2.11. The Kier molecular flexibility index (Phi) is 4.59. The van der Waals surface area contributed by atoms with Gasteiger partial charge in [-0.15, -0.1) is 0 Å². The number of anilines is 1. The summed E-state index contributed by atoms with van der Waals surface area (Å²) in [4.78, 5) is 11.9. The molecular weight excluding hydrogens is 228 g/mol. The maximum Gasteiger partial charge on any atom is 0.241 e. The normalized spacial score (nSPS) is 18.6. The molecule has 1 fully saturated rings. The molecule has 1 atom stereocenters. The van der Waals surface area contributed by atoms with Crippen LogP contribution >= 0.6 is 0 Å². The van der Waals surface area contributed by atoms with Crippen molar-refractivity contribution in [3.05, 3.63) is 24.3 Å². The molecule has 2 rings (SSSR count). The van der Waals surface area contributed by atoms with Gasteiger partial charge in [-0.2, -0.15) is 0 Å². The van der Waals surface area contributed by atoms with Crippen molar-refractivity contribution in [3.8, 4) is 5.75 Å². The molecule has 0 radical (unpaired) electrons. The Morgan fingerprint density at radius 3 is 2.83 bits per heavy atom. The van der Waals surface area contributed by atoms with Gasteiger partial charge in [0.25, 0.3) is 0 Å². The Labute approximate surface area is 108 Å². The first-order valence-electron chi connectivity index (χ1n) is 6.56. The van der Waals surface area contributed by atoms with Gasteiger partial charge in [0.2, 0.25) is 5.91 Å². The minimum absolute atomic E-state index is 0.0407. The van der Waals surface area contributed by atoms with Crippen LogP contribution in [0.15, 0.2) is 24.3 Å². The summed E-state index contributed by atoms with van der Waals surface area (Å²) in [6, 6.07) is 7.47. The molecule has 0 aliphatic carbocycles. The summed E-state index contributed by atoms with van der Waals surface area (Å²) >= 11 is 0. The van der Waals surface area contributed by atoms with Crippen molar-refractivity contribution in [3.63, 3.8) is 0 Å². The van der Waals surface area contributed by atoms with E-state index in [2.05, 4.69) is 17.6 Å². The lowest BCUT2D eigenvalue weighted by atomic mass is 10.2. The van der Waals surface area contributed by atoms with E-state index in [0.717, 1.165) is 43.9 Å². The van der Waals surface area contributed by atoms with Crippen molar-refractivity contribution >= 4 is 11.6 Å². The zero-order valence-corrected chi connectivity index (χ0v) is 10.7. The standard InChI is InChI=1S/C14H20N2O2/c1-2-10-18-12-7-5-11(6-8-12)16-14(17)13-4-3-9-15-13/h5-8,13,15H,2-4,9-10H2,1H3,(H,16,17)/t13-/m1/s1. The van der Waals surface area contributed by atoms with Gasteiger partial charge >= 0.3 is 0 Å². The molecule has 18 heavy (non-hydrogen) atoms. The highest BCUT2D eigenvalue weighted by molar-refractivity contribution is 5.95. The largest absolute Gasteiger partial charge is 0.494 e. The topological polar surface area (TPSA) is 50.4 Å². The van der Waals surface area contributed by atoms with E-state index in [0.29, 0.717) is 0 Å². The van der Waals surface area contributed by atoms with Gasteiger partial charge in [0.05, 0.1) is 12.6 Å². The third kappa shape index (κ3) is 3.47. The number of hydrogen-bond acceptors (Lipinski definition) is 3. The van der Waals surface area contributed by atoms with E-state index in [1.54, 1.807) is 0 Å². The highest BCUT2D eigenvalue weighted by Crippen LogP contribution is 2.17. The Bertz CT molecular complexity index is 383. The van der Waals surface area contributed by atoms with Gasteiger partial charge in [0, 0.05) is 5.69 Å². The SMILES string of the molecule is CCCOc1ccc(NC(=O)[C@H]2CCCN2)cc1. The van der Waals surface area contributed by atoms with E-state index in [1.807, 2.05) is 24.3 Å². The Balaban J connectivity index is 1.87. The van der Waals surface area contributed by atoms with E-state index in [9.17, 15) is 4.79 Å². The molecule has 0 aromatic heterocycles. The molecule has 2 N–H and O–H groups in total. The third-order valence-electron chi connectivity index (χ3n) is 2.97. The molecule has 1 amide bonds. The van der Waals surface area contributed by atoms with Crippen LogP contribution in [0.3, 0.4) is 0 Å². The van der Waals surface area contributed by atoms with Crippen LogP contribution in [0.1, 0.15) is 26.2 Å². The molecule has 0 bridgehead atoms. The molecule has 1 saturated heterocycles. The number of nitrogens with one attached hydrogen (secondary N) is 2. The first kappa shape index (κ1) is 12.9. The average molecular weight is 248 g/mol. The molecule has 4 heteroatoms. The van der Waals surface area contributed by atoms with Crippen LogP contribution in [0.5, 0.6) is 5.75 Å². The van der Waals surface area contributed by atoms with Gasteiger partial charge in [0.1, 0.15) is 5.75 Å². The summed E-state index contributed by atoms with van der Waals surface area (Å²) in [6.45, 7) is 3.72. The second kappa shape index (κ2) is 6.40. The molecule has 0 saturated carbocycles. The van der Waals surface area contributed by atoms with Crippen LogP contribution in [0, 0.1) is 0 Å². The van der Waals surface area contributed by atoms with E-state index in [4.69, 9.17) is 4.74 Å². The van der Waals surface area contributed by atoms with Crippen LogP contribution in [0.25, 0.3) is 0 Å². The summed E-state index contributed by atoms with van der Waals surface area (Å²) in [5.74, 6) is 0.892. The van der Waals surface area contributed by atoms with Crippen molar-refractivity contribution in [1.29, 1.82) is 0 Å². The lowest BCUT2D eigenvalue weighted by Crippen LogP contribution is -2.35. The fourth-order valence-corrected chi connectivity index (χ4v) is 1.99. The monoisotopic (exact) mass is 248 g/mol. The molecular formula is C14H20N2O2. The van der Waals surface area contributed by atoms with E-state index < -0.39 is 0 Å². The predicted molar refractivity (Wildman–Crippen MR) is 71.9 cm³/mol. The van der Waals surface area contributed by atoms with Crippen LogP contribution in [-0.4, -0.2) is 25.1 Å². The minimum atomic E-state index is -0.0407. The van der Waals surface area contributed by atoms with Gasteiger partial charge in [-0.05, 0) is 50.1 Å². The molecule has 1 heterocycles. The van der Waals surface area contributed by atoms with Crippen LogP contribution < -0.4 is 15.4 Å². The van der Waals surface area contributed by atoms with Crippen LogP contribution in [0.4, 0.5) is 5.69 Å². The van der Waals surface area contributed by atoms with Gasteiger partial charge in [-0.1, -0.05) is 6.92 Å². The fourth-order valence-electron chi connectivity index (χ4n) is 1.99. The molecule has 1 aromatic carbocycles. The first-order chi connectivity index (χ1) is 8.79. The molecule has 1 aliphatic rings. The molecule has 0 spiro atoms. The Morgan fingerprint density at radius 2 is 2.22 bits per heavy atom. The maximum atomic E-state index is 11.9. The molecule has 1 aliphatic heterocycles. The molecule has 98 valence electrons. The van der Waals surface area contributed by atoms with E-state index in [1.165, 1.54) is 0 Å². The van der Waals surface area contributed by atoms with Crippen molar-refractivity contribution in [2.75, 3.05) is 18.5 Å². The quantitative estimate of drug-likeness (QED) is 0.839. The zero-order chi connectivity index (χ0) is 12.8. The number of hydrogen-bond donors (Lipinski definition) is 2. The van der Waals surface area contributed by atoms with Crippen LogP contribution in [-0.2, 0) is 4.79 Å². The summed E-state index contributed by atoms with van der Waals surface area (Å²) in [5, 5.41) is 6.09. The number of carbonyl (C=O) groups is 1. The average Bonchev–Trinajstić information content (AvgIpc) is 2.92. The summed E-state index contributed by atoms with van der Waals surface area (Å²) in [6.07, 6.45) is 2.98. The minimum Gasteiger partial charge on any atom is -0.494 e. The first-order valence-corrected chi connectivity index (χ1v) is 6.56. The van der Waals surface area contributed by atoms with E-state index in [-0.39, 0.29) is 11.9 Å². The van der Waals surface area contributed by atoms with E-state index >= 15 is 0 Å². The molecule has 4 nitrogen and oxygen atoms in total. The van der Waals surface area contributed by atoms with Crippen molar-refractivity contribution in [2.24, 2.45) is 0 Å². The van der Waals surface area contributed by atoms with Crippen molar-refractivity contribution in [1.82, 2.24) is 5.32 Å².